The Balaban J connectivity index is 1.14. The summed E-state index contributed by atoms with van der Waals surface area (Å²) in [6, 6.07) is 8.48. The van der Waals surface area contributed by atoms with Gasteiger partial charge in [-0.25, -0.2) is 4.98 Å². The van der Waals surface area contributed by atoms with Crippen molar-refractivity contribution >= 4 is 11.7 Å². The first-order chi connectivity index (χ1) is 15.6. The Morgan fingerprint density at radius 2 is 1.72 bits per heavy atom. The van der Waals surface area contributed by atoms with Gasteiger partial charge in [0.1, 0.15) is 5.78 Å². The van der Waals surface area contributed by atoms with Gasteiger partial charge < -0.3 is 9.88 Å². The zero-order chi connectivity index (χ0) is 21.8. The van der Waals surface area contributed by atoms with Crippen LogP contribution in [0, 0.1) is 11.3 Å². The molecule has 1 unspecified atom stereocenters. The molecule has 4 fully saturated rings. The Morgan fingerprint density at radius 3 is 2.47 bits per heavy atom. The smallest absolute Gasteiger partial charge is 0.223 e. The third-order valence-corrected chi connectivity index (χ3v) is 9.18. The molecule has 7 rings (SSSR count). The monoisotopic (exact) mass is 431 g/mol. The van der Waals surface area contributed by atoms with Crippen molar-refractivity contribution in [2.45, 2.75) is 88.6 Å². The molecule has 2 aromatic rings. The Morgan fingerprint density at radius 1 is 1.00 bits per heavy atom. The first-order valence-electron chi connectivity index (χ1n) is 12.6. The first-order valence-corrected chi connectivity index (χ1v) is 12.6. The van der Waals surface area contributed by atoms with Crippen LogP contribution in [0.4, 0.5) is 0 Å². The second-order valence-corrected chi connectivity index (χ2v) is 10.8. The summed E-state index contributed by atoms with van der Waals surface area (Å²) in [5.74, 6) is 0.895. The summed E-state index contributed by atoms with van der Waals surface area (Å²) in [5, 5.41) is 3.48. The molecular weight excluding hydrogens is 398 g/mol. The minimum Gasteiger partial charge on any atom is -0.350 e. The molecule has 4 aliphatic carbocycles. The van der Waals surface area contributed by atoms with E-state index in [4.69, 9.17) is 0 Å². The molecule has 5 nitrogen and oxygen atoms in total. The first kappa shape index (κ1) is 20.2. The number of rotatable bonds is 5. The lowest BCUT2D eigenvalue weighted by Gasteiger charge is -2.53. The summed E-state index contributed by atoms with van der Waals surface area (Å²) in [6.07, 6.45) is 15.7. The minimum atomic E-state index is -0.199. The van der Waals surface area contributed by atoms with E-state index in [1.54, 1.807) is 0 Å². The number of benzene rings is 1. The number of ketones is 1. The third kappa shape index (κ3) is 3.15. The van der Waals surface area contributed by atoms with E-state index in [2.05, 4.69) is 39.1 Å². The summed E-state index contributed by atoms with van der Waals surface area (Å²) in [7, 11) is 0. The van der Waals surface area contributed by atoms with E-state index in [0.717, 1.165) is 57.1 Å². The maximum Gasteiger partial charge on any atom is 0.223 e. The van der Waals surface area contributed by atoms with Gasteiger partial charge in [0.2, 0.25) is 5.91 Å². The van der Waals surface area contributed by atoms with Gasteiger partial charge in [-0.15, -0.1) is 0 Å². The van der Waals surface area contributed by atoms with Gasteiger partial charge in [0.15, 0.2) is 0 Å². The van der Waals surface area contributed by atoms with Gasteiger partial charge in [0.05, 0.1) is 24.3 Å². The molecule has 1 N–H and O–H groups in total. The topological polar surface area (TPSA) is 64.0 Å². The van der Waals surface area contributed by atoms with Crippen LogP contribution < -0.4 is 5.32 Å². The Labute approximate surface area is 190 Å². The summed E-state index contributed by atoms with van der Waals surface area (Å²) in [4.78, 5) is 31.0. The number of fused-ring (bicyclic) bond motifs is 6. The maximum atomic E-state index is 13.7. The number of hydrogen-bond donors (Lipinski definition) is 1. The van der Waals surface area contributed by atoms with Gasteiger partial charge in [-0.1, -0.05) is 43.5 Å². The van der Waals surface area contributed by atoms with Crippen molar-refractivity contribution in [3.8, 4) is 11.3 Å². The summed E-state index contributed by atoms with van der Waals surface area (Å²) in [5.41, 5.74) is 3.31. The average molecular weight is 432 g/mol. The number of carbonyl (C=O) groups excluding carboxylic acids is 2. The van der Waals surface area contributed by atoms with Crippen molar-refractivity contribution in [2.75, 3.05) is 0 Å². The highest BCUT2D eigenvalue weighted by molar-refractivity contribution is 5.87. The Hall–Kier alpha value is -2.43. The van der Waals surface area contributed by atoms with Gasteiger partial charge >= 0.3 is 0 Å². The van der Waals surface area contributed by atoms with Gasteiger partial charge in [0, 0.05) is 28.9 Å². The van der Waals surface area contributed by atoms with Crippen LogP contribution in [0.3, 0.4) is 0 Å². The molecule has 2 heterocycles. The SMILES string of the molecule is O=C(NC12CCC(C(=O)CC3c4ccccc4-c4cncn43)(CC1)CC2)C1CCCCC1. The molecule has 5 aliphatic rings. The van der Waals surface area contributed by atoms with Crippen molar-refractivity contribution in [2.24, 2.45) is 11.3 Å². The molecule has 32 heavy (non-hydrogen) atoms. The number of nitrogens with one attached hydrogen (secondary N) is 1. The molecule has 5 heteroatoms. The summed E-state index contributed by atoms with van der Waals surface area (Å²) < 4.78 is 2.18. The lowest BCUT2D eigenvalue weighted by molar-refractivity contribution is -0.139. The van der Waals surface area contributed by atoms with Crippen molar-refractivity contribution < 1.29 is 9.59 Å². The van der Waals surface area contributed by atoms with E-state index in [1.165, 1.54) is 30.4 Å². The summed E-state index contributed by atoms with van der Waals surface area (Å²) in [6.45, 7) is 0. The second kappa shape index (κ2) is 7.57. The largest absolute Gasteiger partial charge is 0.350 e. The van der Waals surface area contributed by atoms with Crippen molar-refractivity contribution in [3.63, 3.8) is 0 Å². The molecule has 168 valence electrons. The number of imidazole rings is 1. The van der Waals surface area contributed by atoms with Crippen LogP contribution in [0.15, 0.2) is 36.8 Å². The Kier molecular flexibility index (Phi) is 4.78. The molecular formula is C27H33N3O2. The Bertz CT molecular complexity index is 1020. The fraction of sp³-hybridized carbons (Fsp3) is 0.593. The highest BCUT2D eigenvalue weighted by Gasteiger charge is 2.53. The summed E-state index contributed by atoms with van der Waals surface area (Å²) >= 11 is 0. The molecule has 1 atom stereocenters. The predicted molar refractivity (Wildman–Crippen MR) is 123 cm³/mol. The van der Waals surface area contributed by atoms with Gasteiger partial charge in [-0.3, -0.25) is 9.59 Å². The van der Waals surface area contributed by atoms with Crippen LogP contribution in [0.5, 0.6) is 0 Å². The molecule has 4 saturated carbocycles. The van der Waals surface area contributed by atoms with Crippen LogP contribution in [0.2, 0.25) is 0 Å². The molecule has 1 amide bonds. The number of hydrogen-bond acceptors (Lipinski definition) is 3. The van der Waals surface area contributed by atoms with Crippen molar-refractivity contribution in [1.29, 1.82) is 0 Å². The fourth-order valence-electron chi connectivity index (χ4n) is 7.05. The van der Waals surface area contributed by atoms with E-state index >= 15 is 0 Å². The van der Waals surface area contributed by atoms with E-state index in [9.17, 15) is 9.59 Å². The van der Waals surface area contributed by atoms with Crippen molar-refractivity contribution in [3.05, 3.63) is 42.4 Å². The van der Waals surface area contributed by atoms with E-state index in [-0.39, 0.29) is 28.8 Å². The lowest BCUT2D eigenvalue weighted by Crippen LogP contribution is -2.59. The third-order valence-electron chi connectivity index (χ3n) is 9.18. The molecule has 1 aromatic carbocycles. The molecule has 0 saturated heterocycles. The van der Waals surface area contributed by atoms with E-state index < -0.39 is 0 Å². The highest BCUT2D eigenvalue weighted by atomic mass is 16.2. The molecule has 0 radical (unpaired) electrons. The molecule has 2 bridgehead atoms. The fourth-order valence-corrected chi connectivity index (χ4v) is 7.05. The van der Waals surface area contributed by atoms with Gasteiger partial charge in [-0.05, 0) is 56.9 Å². The van der Waals surface area contributed by atoms with Gasteiger partial charge in [0.25, 0.3) is 0 Å². The molecule has 0 spiro atoms. The maximum absolute atomic E-state index is 13.7. The van der Waals surface area contributed by atoms with Crippen LogP contribution in [0.25, 0.3) is 11.3 Å². The number of aromatic nitrogens is 2. The zero-order valence-corrected chi connectivity index (χ0v) is 18.8. The van der Waals surface area contributed by atoms with Gasteiger partial charge in [-0.2, -0.15) is 0 Å². The molecule has 1 aliphatic heterocycles. The van der Waals surface area contributed by atoms with Crippen LogP contribution in [0.1, 0.15) is 88.7 Å². The van der Waals surface area contributed by atoms with E-state index in [0.29, 0.717) is 12.2 Å². The standard InChI is InChI=1S/C27H33N3O2/c31-24(16-22-20-8-4-5-9-21(20)23-17-28-18-30(22)23)26-10-13-27(14-11-26,15-12-26)29-25(32)19-6-2-1-3-7-19/h4-5,8-9,17-19,22H,1-3,6-7,10-16H2,(H,29,32). The normalized spacial score (nSPS) is 31.2. The van der Waals surface area contributed by atoms with Crippen molar-refractivity contribution in [1.82, 2.24) is 14.9 Å². The van der Waals surface area contributed by atoms with Crippen LogP contribution in [-0.2, 0) is 9.59 Å². The van der Waals surface area contributed by atoms with Crippen LogP contribution >= 0.6 is 0 Å². The number of Topliss-reactive ketones (excluding diaryl/α,β-unsaturated/α-hetero) is 1. The number of nitrogens with zero attached hydrogens (tertiary/aromatic N) is 2. The minimum absolute atomic E-state index is 0.0604. The second-order valence-electron chi connectivity index (χ2n) is 10.8. The lowest BCUT2D eigenvalue weighted by atomic mass is 9.55. The zero-order valence-electron chi connectivity index (χ0n) is 18.8. The quantitative estimate of drug-likeness (QED) is 0.707. The highest BCUT2D eigenvalue weighted by Crippen LogP contribution is 2.54. The molecule has 1 aromatic heterocycles. The van der Waals surface area contributed by atoms with Crippen LogP contribution in [-0.4, -0.2) is 26.8 Å². The number of amides is 1. The van der Waals surface area contributed by atoms with E-state index in [1.807, 2.05) is 12.5 Å². The predicted octanol–water partition coefficient (Wildman–Crippen LogP) is 5.20. The number of carbonyl (C=O) groups is 2. The average Bonchev–Trinajstić information content (AvgIpc) is 3.43.